The molecule has 0 spiro atoms. The van der Waals surface area contributed by atoms with Crippen LogP contribution in [-0.4, -0.2) is 41.7 Å². The fourth-order valence-electron chi connectivity index (χ4n) is 2.95. The number of anilines is 1. The zero-order valence-electron chi connectivity index (χ0n) is 15.9. The van der Waals surface area contributed by atoms with E-state index in [0.29, 0.717) is 43.3 Å². The van der Waals surface area contributed by atoms with Crippen LogP contribution in [0.5, 0.6) is 0 Å². The van der Waals surface area contributed by atoms with Crippen LogP contribution in [0.1, 0.15) is 53.8 Å². The summed E-state index contributed by atoms with van der Waals surface area (Å²) in [5, 5.41) is 9.61. The van der Waals surface area contributed by atoms with Crippen molar-refractivity contribution < 1.29 is 14.1 Å². The molecule has 1 saturated heterocycles. The summed E-state index contributed by atoms with van der Waals surface area (Å²) in [4.78, 5) is 30.1. The van der Waals surface area contributed by atoms with Crippen molar-refractivity contribution in [2.75, 3.05) is 24.5 Å². The second kappa shape index (κ2) is 8.20. The van der Waals surface area contributed by atoms with Gasteiger partial charge < -0.3 is 15.2 Å². The van der Waals surface area contributed by atoms with E-state index < -0.39 is 0 Å². The Morgan fingerprint density at radius 3 is 2.85 bits per heavy atom. The number of rotatable bonds is 7. The Morgan fingerprint density at radius 1 is 1.41 bits per heavy atom. The highest BCUT2D eigenvalue weighted by Gasteiger charge is 2.22. The molecule has 8 heteroatoms. The van der Waals surface area contributed by atoms with E-state index in [1.165, 1.54) is 0 Å². The monoisotopic (exact) mass is 371 g/mol. The van der Waals surface area contributed by atoms with E-state index in [0.717, 1.165) is 17.7 Å². The van der Waals surface area contributed by atoms with Crippen LogP contribution in [0.2, 0.25) is 0 Å². The van der Waals surface area contributed by atoms with E-state index in [4.69, 9.17) is 4.52 Å². The van der Waals surface area contributed by atoms with Crippen molar-refractivity contribution in [1.29, 1.82) is 0 Å². The minimum Gasteiger partial charge on any atom is -0.352 e. The minimum atomic E-state index is -0.135. The summed E-state index contributed by atoms with van der Waals surface area (Å²) in [6.07, 6.45) is 1.35. The van der Waals surface area contributed by atoms with Gasteiger partial charge in [0.2, 0.25) is 5.89 Å². The van der Waals surface area contributed by atoms with Crippen LogP contribution in [0, 0.1) is 6.92 Å². The maximum absolute atomic E-state index is 12.3. The molecule has 3 rings (SSSR count). The van der Waals surface area contributed by atoms with Crippen LogP contribution in [0.15, 0.2) is 22.7 Å². The molecule has 27 heavy (non-hydrogen) atoms. The van der Waals surface area contributed by atoms with E-state index in [9.17, 15) is 9.59 Å². The van der Waals surface area contributed by atoms with Gasteiger partial charge in [0.15, 0.2) is 5.82 Å². The number of hydrogen-bond donors (Lipinski definition) is 2. The number of nitrogens with one attached hydrogen (secondary N) is 2. The maximum Gasteiger partial charge on any atom is 0.322 e. The third-order valence-electron chi connectivity index (χ3n) is 4.46. The molecule has 2 N–H and O–H groups in total. The highest BCUT2D eigenvalue weighted by molar-refractivity contribution is 5.97. The second-order valence-electron chi connectivity index (χ2n) is 6.95. The van der Waals surface area contributed by atoms with Crippen molar-refractivity contribution in [1.82, 2.24) is 20.8 Å². The van der Waals surface area contributed by atoms with E-state index in [1.807, 2.05) is 32.9 Å². The summed E-state index contributed by atoms with van der Waals surface area (Å²) in [6.45, 7) is 7.72. The molecule has 1 aromatic heterocycles. The molecule has 3 amide bonds. The Hall–Kier alpha value is -2.90. The number of benzene rings is 1. The van der Waals surface area contributed by atoms with Crippen molar-refractivity contribution in [2.24, 2.45) is 0 Å². The number of carbonyl (C=O) groups is 2. The Bertz CT molecular complexity index is 831. The van der Waals surface area contributed by atoms with Gasteiger partial charge in [0.25, 0.3) is 5.91 Å². The predicted molar refractivity (Wildman–Crippen MR) is 101 cm³/mol. The highest BCUT2D eigenvalue weighted by atomic mass is 16.5. The Morgan fingerprint density at radius 2 is 2.22 bits per heavy atom. The molecule has 0 bridgehead atoms. The minimum absolute atomic E-state index is 0.100. The quantitative estimate of drug-likeness (QED) is 0.728. The fraction of sp³-hybridized carbons (Fsp3) is 0.474. The predicted octanol–water partition coefficient (Wildman–Crippen LogP) is 2.39. The number of aryl methyl sites for hydroxylation is 2. The normalized spacial score (nSPS) is 13.9. The summed E-state index contributed by atoms with van der Waals surface area (Å²) in [7, 11) is 0. The lowest BCUT2D eigenvalue weighted by Gasteiger charge is -2.17. The average molecular weight is 371 g/mol. The van der Waals surface area contributed by atoms with Crippen molar-refractivity contribution >= 4 is 17.6 Å². The maximum atomic E-state index is 12.3. The lowest BCUT2D eigenvalue weighted by molar-refractivity contribution is 0.0953. The number of amides is 3. The summed E-state index contributed by atoms with van der Waals surface area (Å²) in [6, 6.07) is 5.28. The van der Waals surface area contributed by atoms with Gasteiger partial charge in [-0.05, 0) is 37.1 Å². The lowest BCUT2D eigenvalue weighted by atomic mass is 10.1. The van der Waals surface area contributed by atoms with Gasteiger partial charge in [-0.15, -0.1) is 0 Å². The van der Waals surface area contributed by atoms with Crippen molar-refractivity contribution in [3.63, 3.8) is 0 Å². The molecule has 1 aliphatic rings. The second-order valence-corrected chi connectivity index (χ2v) is 6.95. The number of aromatic nitrogens is 2. The summed E-state index contributed by atoms with van der Waals surface area (Å²) in [5.41, 5.74) is 2.31. The first-order valence-corrected chi connectivity index (χ1v) is 9.22. The molecule has 8 nitrogen and oxygen atoms in total. The van der Waals surface area contributed by atoms with E-state index in [1.54, 1.807) is 11.0 Å². The van der Waals surface area contributed by atoms with E-state index in [2.05, 4.69) is 20.8 Å². The average Bonchev–Trinajstić information content (AvgIpc) is 3.27. The molecule has 144 valence electrons. The van der Waals surface area contributed by atoms with Crippen LogP contribution in [0.25, 0.3) is 0 Å². The van der Waals surface area contributed by atoms with Crippen LogP contribution in [0.3, 0.4) is 0 Å². The smallest absolute Gasteiger partial charge is 0.322 e. The largest absolute Gasteiger partial charge is 0.352 e. The molecule has 2 heterocycles. The Labute approximate surface area is 158 Å². The summed E-state index contributed by atoms with van der Waals surface area (Å²) >= 11 is 0. The SMILES string of the molecule is Cc1cc(C(=O)NCCCc2nc(C(C)C)no2)ccc1N1CCNC1=O. The summed E-state index contributed by atoms with van der Waals surface area (Å²) < 4.78 is 5.19. The highest BCUT2D eigenvalue weighted by Crippen LogP contribution is 2.22. The summed E-state index contributed by atoms with van der Waals surface area (Å²) in [5.74, 6) is 1.40. The van der Waals surface area contributed by atoms with Gasteiger partial charge in [0.1, 0.15) is 0 Å². The fourth-order valence-corrected chi connectivity index (χ4v) is 2.95. The van der Waals surface area contributed by atoms with Gasteiger partial charge >= 0.3 is 6.03 Å². The van der Waals surface area contributed by atoms with Crippen LogP contribution in [0.4, 0.5) is 10.5 Å². The molecular weight excluding hydrogens is 346 g/mol. The molecule has 0 radical (unpaired) electrons. The van der Waals surface area contributed by atoms with E-state index in [-0.39, 0.29) is 17.9 Å². The standard InChI is InChI=1S/C19H25N5O3/c1-12(2)17-22-16(27-23-17)5-4-8-20-18(25)14-6-7-15(13(3)11-14)24-10-9-21-19(24)26/h6-7,11-12H,4-5,8-10H2,1-3H3,(H,20,25)(H,21,26). The number of carbonyl (C=O) groups excluding carboxylic acids is 2. The van der Waals surface area contributed by atoms with Crippen molar-refractivity contribution in [3.8, 4) is 0 Å². The van der Waals surface area contributed by atoms with Gasteiger partial charge in [-0.3, -0.25) is 9.69 Å². The van der Waals surface area contributed by atoms with Crippen molar-refractivity contribution in [3.05, 3.63) is 41.0 Å². The molecule has 1 fully saturated rings. The van der Waals surface area contributed by atoms with Gasteiger partial charge in [-0.1, -0.05) is 19.0 Å². The topological polar surface area (TPSA) is 100 Å². The molecule has 0 unspecified atom stereocenters. The zero-order valence-corrected chi connectivity index (χ0v) is 15.9. The lowest BCUT2D eigenvalue weighted by Crippen LogP contribution is -2.29. The van der Waals surface area contributed by atoms with Crippen LogP contribution >= 0.6 is 0 Å². The van der Waals surface area contributed by atoms with Crippen molar-refractivity contribution in [2.45, 2.75) is 39.5 Å². The first-order chi connectivity index (χ1) is 13.0. The Balaban J connectivity index is 1.50. The van der Waals surface area contributed by atoms with E-state index >= 15 is 0 Å². The number of urea groups is 1. The van der Waals surface area contributed by atoms with Crippen LogP contribution in [-0.2, 0) is 6.42 Å². The first kappa shape index (κ1) is 18.9. The number of nitrogens with zero attached hydrogens (tertiary/aromatic N) is 3. The van der Waals surface area contributed by atoms with Gasteiger partial charge in [0, 0.05) is 43.2 Å². The van der Waals surface area contributed by atoms with Crippen LogP contribution < -0.4 is 15.5 Å². The number of hydrogen-bond acceptors (Lipinski definition) is 5. The van der Waals surface area contributed by atoms with Gasteiger partial charge in [-0.25, -0.2) is 4.79 Å². The molecule has 0 aliphatic carbocycles. The molecule has 1 aliphatic heterocycles. The van der Waals surface area contributed by atoms with Gasteiger partial charge in [-0.2, -0.15) is 4.98 Å². The third-order valence-corrected chi connectivity index (χ3v) is 4.46. The molecular formula is C19H25N5O3. The Kier molecular flexibility index (Phi) is 5.73. The molecule has 1 aromatic carbocycles. The molecule has 0 saturated carbocycles. The molecule has 0 atom stereocenters. The zero-order chi connectivity index (χ0) is 19.4. The first-order valence-electron chi connectivity index (χ1n) is 9.22. The third kappa shape index (κ3) is 4.45. The van der Waals surface area contributed by atoms with Gasteiger partial charge in [0.05, 0.1) is 0 Å². The molecule has 2 aromatic rings.